The Morgan fingerprint density at radius 2 is 1.85 bits per heavy atom. The van der Waals surface area contributed by atoms with Gasteiger partial charge in [0.2, 0.25) is 5.88 Å². The van der Waals surface area contributed by atoms with Gasteiger partial charge in [-0.1, -0.05) is 0 Å². The van der Waals surface area contributed by atoms with E-state index < -0.39 is 6.09 Å². The van der Waals surface area contributed by atoms with E-state index in [1.807, 2.05) is 44.6 Å². The Hall–Kier alpha value is -3.69. The van der Waals surface area contributed by atoms with Gasteiger partial charge < -0.3 is 19.6 Å². The molecular weight excluding hydrogens is 422 g/mol. The van der Waals surface area contributed by atoms with E-state index in [-0.39, 0.29) is 18.1 Å². The van der Waals surface area contributed by atoms with Gasteiger partial charge in [0.1, 0.15) is 5.69 Å². The van der Waals surface area contributed by atoms with Gasteiger partial charge in [-0.15, -0.1) is 10.2 Å². The standard InChI is InChI=1S/C23H27N7O3/c1-28-13-14(12-24-28)18-6-7-19(25-22(18)33-3)20-8-9-21(27-26-20)29(2)17-10-15-4-5-16(11-17)30(15)23(31)32/h6-9,12-13,15-17H,4-5,10-11H2,1-3H3,(H,31,32). The average molecular weight is 450 g/mol. The lowest BCUT2D eigenvalue weighted by atomic mass is 9.96. The van der Waals surface area contributed by atoms with Crippen LogP contribution in [0.1, 0.15) is 25.7 Å². The molecule has 2 saturated heterocycles. The molecule has 172 valence electrons. The third-order valence-corrected chi connectivity index (χ3v) is 6.82. The van der Waals surface area contributed by atoms with Crippen molar-refractivity contribution in [3.63, 3.8) is 0 Å². The lowest BCUT2D eigenvalue weighted by molar-refractivity contribution is 0.0965. The molecule has 33 heavy (non-hydrogen) atoms. The van der Waals surface area contributed by atoms with Gasteiger partial charge in [0.25, 0.3) is 0 Å². The van der Waals surface area contributed by atoms with E-state index in [1.165, 1.54) is 0 Å². The van der Waals surface area contributed by atoms with E-state index >= 15 is 0 Å². The number of anilines is 1. The molecule has 1 N–H and O–H groups in total. The molecule has 5 rings (SSSR count). The number of pyridine rings is 1. The highest BCUT2D eigenvalue weighted by molar-refractivity contribution is 5.70. The Kier molecular flexibility index (Phi) is 5.35. The minimum Gasteiger partial charge on any atom is -0.481 e. The van der Waals surface area contributed by atoms with Gasteiger partial charge in [0, 0.05) is 49.5 Å². The molecule has 0 aromatic carbocycles. The summed E-state index contributed by atoms with van der Waals surface area (Å²) in [6, 6.07) is 8.13. The normalized spacial score (nSPS) is 21.8. The largest absolute Gasteiger partial charge is 0.481 e. The van der Waals surface area contributed by atoms with Crippen molar-refractivity contribution in [2.45, 2.75) is 43.8 Å². The number of hydrogen-bond acceptors (Lipinski definition) is 7. The van der Waals surface area contributed by atoms with Crippen LogP contribution in [0.5, 0.6) is 5.88 Å². The van der Waals surface area contributed by atoms with Crippen LogP contribution < -0.4 is 9.64 Å². The second-order valence-electron chi connectivity index (χ2n) is 8.74. The second-order valence-corrected chi connectivity index (χ2v) is 8.74. The summed E-state index contributed by atoms with van der Waals surface area (Å²) in [7, 11) is 5.47. The zero-order valence-electron chi connectivity index (χ0n) is 18.9. The van der Waals surface area contributed by atoms with Crippen LogP contribution in [0.4, 0.5) is 10.6 Å². The van der Waals surface area contributed by atoms with Crippen LogP contribution in [0.25, 0.3) is 22.5 Å². The summed E-state index contributed by atoms with van der Waals surface area (Å²) in [5, 5.41) is 22.6. The molecule has 0 spiro atoms. The van der Waals surface area contributed by atoms with Crippen molar-refractivity contribution in [2.24, 2.45) is 7.05 Å². The van der Waals surface area contributed by atoms with Crippen molar-refractivity contribution >= 4 is 11.9 Å². The summed E-state index contributed by atoms with van der Waals surface area (Å²) >= 11 is 0. The Bertz CT molecular complexity index is 1150. The molecule has 1 amide bonds. The quantitative estimate of drug-likeness (QED) is 0.633. The van der Waals surface area contributed by atoms with Crippen LogP contribution in [0.15, 0.2) is 36.7 Å². The highest BCUT2D eigenvalue weighted by Gasteiger charge is 2.44. The zero-order chi connectivity index (χ0) is 23.1. The number of fused-ring (bicyclic) bond motifs is 2. The SMILES string of the molecule is COc1nc(-c2ccc(N(C)C3CC4CCC(C3)N4C(=O)O)nn2)ccc1-c1cnn(C)c1. The van der Waals surface area contributed by atoms with E-state index in [4.69, 9.17) is 4.74 Å². The van der Waals surface area contributed by atoms with Crippen molar-refractivity contribution in [2.75, 3.05) is 19.1 Å². The summed E-state index contributed by atoms with van der Waals surface area (Å²) in [6.07, 6.45) is 6.40. The summed E-state index contributed by atoms with van der Waals surface area (Å²) in [4.78, 5) is 20.0. The molecule has 3 aromatic heterocycles. The average Bonchev–Trinajstić information content (AvgIpc) is 3.38. The lowest BCUT2D eigenvalue weighted by Crippen LogP contribution is -2.51. The van der Waals surface area contributed by atoms with Crippen molar-refractivity contribution < 1.29 is 14.6 Å². The second kappa shape index (κ2) is 8.34. The van der Waals surface area contributed by atoms with Crippen LogP contribution in [0.2, 0.25) is 0 Å². The molecule has 2 aliphatic heterocycles. The molecular formula is C23H27N7O3. The van der Waals surface area contributed by atoms with E-state index in [0.717, 1.165) is 42.6 Å². The first-order valence-electron chi connectivity index (χ1n) is 11.1. The van der Waals surface area contributed by atoms with Gasteiger partial charge >= 0.3 is 6.09 Å². The molecule has 2 unspecified atom stereocenters. The third kappa shape index (κ3) is 3.85. The molecule has 0 aliphatic carbocycles. The number of carboxylic acid groups (broad SMARTS) is 1. The maximum atomic E-state index is 11.6. The Balaban J connectivity index is 1.33. The number of ether oxygens (including phenoxy) is 1. The van der Waals surface area contributed by atoms with E-state index in [2.05, 4.69) is 25.2 Å². The molecule has 3 aromatic rings. The van der Waals surface area contributed by atoms with Gasteiger partial charge in [-0.25, -0.2) is 9.78 Å². The van der Waals surface area contributed by atoms with Gasteiger partial charge in [-0.3, -0.25) is 4.68 Å². The summed E-state index contributed by atoms with van der Waals surface area (Å²) < 4.78 is 7.25. The fourth-order valence-corrected chi connectivity index (χ4v) is 5.13. The maximum absolute atomic E-state index is 11.6. The fourth-order valence-electron chi connectivity index (χ4n) is 5.13. The predicted octanol–water partition coefficient (Wildman–Crippen LogP) is 3.06. The van der Waals surface area contributed by atoms with Crippen molar-refractivity contribution in [1.29, 1.82) is 0 Å². The maximum Gasteiger partial charge on any atom is 0.407 e. The number of carbonyl (C=O) groups is 1. The number of aryl methyl sites for hydroxylation is 1. The molecule has 5 heterocycles. The number of nitrogens with zero attached hydrogens (tertiary/aromatic N) is 7. The van der Waals surface area contributed by atoms with E-state index in [1.54, 1.807) is 22.9 Å². The van der Waals surface area contributed by atoms with Gasteiger partial charge in [-0.2, -0.15) is 5.10 Å². The first-order valence-corrected chi connectivity index (χ1v) is 11.1. The number of amides is 1. The van der Waals surface area contributed by atoms with Crippen LogP contribution in [-0.2, 0) is 7.05 Å². The molecule has 2 bridgehead atoms. The smallest absolute Gasteiger partial charge is 0.407 e. The van der Waals surface area contributed by atoms with Crippen LogP contribution in [0.3, 0.4) is 0 Å². The van der Waals surface area contributed by atoms with Crippen LogP contribution in [0, 0.1) is 0 Å². The number of hydrogen-bond donors (Lipinski definition) is 1. The summed E-state index contributed by atoms with van der Waals surface area (Å²) in [6.45, 7) is 0. The topological polar surface area (TPSA) is 110 Å². The monoisotopic (exact) mass is 449 g/mol. The predicted molar refractivity (Wildman–Crippen MR) is 122 cm³/mol. The third-order valence-electron chi connectivity index (χ3n) is 6.82. The fraction of sp³-hybridized carbons (Fsp3) is 0.435. The van der Waals surface area contributed by atoms with Crippen LogP contribution in [-0.4, -0.2) is 73.3 Å². The minimum atomic E-state index is -0.801. The zero-order valence-corrected chi connectivity index (χ0v) is 18.9. The van der Waals surface area contributed by atoms with Crippen LogP contribution >= 0.6 is 0 Å². The van der Waals surface area contributed by atoms with Gasteiger partial charge in [-0.05, 0) is 49.9 Å². The summed E-state index contributed by atoms with van der Waals surface area (Å²) in [5.41, 5.74) is 3.12. The molecule has 2 atom stereocenters. The molecule has 2 aliphatic rings. The lowest BCUT2D eigenvalue weighted by Gasteiger charge is -2.41. The van der Waals surface area contributed by atoms with Crippen molar-refractivity contribution in [1.82, 2.24) is 29.9 Å². The number of methoxy groups -OCH3 is 1. The molecule has 10 nitrogen and oxygen atoms in total. The Morgan fingerprint density at radius 3 is 2.42 bits per heavy atom. The number of aromatic nitrogens is 5. The van der Waals surface area contributed by atoms with E-state index in [9.17, 15) is 9.90 Å². The summed E-state index contributed by atoms with van der Waals surface area (Å²) in [5.74, 6) is 1.27. The number of piperidine rings is 1. The molecule has 0 saturated carbocycles. The Morgan fingerprint density at radius 1 is 1.12 bits per heavy atom. The van der Waals surface area contributed by atoms with Gasteiger partial charge in [0.05, 0.1) is 19.0 Å². The molecule has 10 heteroatoms. The highest BCUT2D eigenvalue weighted by Crippen LogP contribution is 2.38. The van der Waals surface area contributed by atoms with Crippen molar-refractivity contribution in [3.05, 3.63) is 36.7 Å². The number of rotatable bonds is 5. The van der Waals surface area contributed by atoms with E-state index in [0.29, 0.717) is 17.3 Å². The first kappa shape index (κ1) is 21.2. The van der Waals surface area contributed by atoms with Gasteiger partial charge in [0.15, 0.2) is 5.82 Å². The first-order chi connectivity index (χ1) is 15.9. The molecule has 0 radical (unpaired) electrons. The van der Waals surface area contributed by atoms with Crippen molar-refractivity contribution in [3.8, 4) is 28.4 Å². The molecule has 2 fully saturated rings. The Labute approximate surface area is 191 Å². The highest BCUT2D eigenvalue weighted by atomic mass is 16.5. The minimum absolute atomic E-state index is 0.0935.